The maximum absolute atomic E-state index is 12.2. The van der Waals surface area contributed by atoms with Crippen LogP contribution in [0.3, 0.4) is 0 Å². The van der Waals surface area contributed by atoms with Gasteiger partial charge in [0.05, 0.1) is 0 Å². The fourth-order valence-corrected chi connectivity index (χ4v) is 2.87. The second-order valence-corrected chi connectivity index (χ2v) is 5.50. The van der Waals surface area contributed by atoms with Crippen LogP contribution in [-0.2, 0) is 4.79 Å². The number of hydrogen-bond donors (Lipinski definition) is 2. The van der Waals surface area contributed by atoms with Crippen LogP contribution >= 0.6 is 24.2 Å². The number of thioether (sulfide) groups is 1. The van der Waals surface area contributed by atoms with E-state index in [-0.39, 0.29) is 23.6 Å². The third-order valence-corrected chi connectivity index (χ3v) is 4.18. The van der Waals surface area contributed by atoms with E-state index in [0.29, 0.717) is 6.54 Å². The largest absolute Gasteiger partial charge is 0.351 e. The van der Waals surface area contributed by atoms with Crippen molar-refractivity contribution in [3.05, 3.63) is 47.5 Å². The zero-order valence-electron chi connectivity index (χ0n) is 11.6. The molecule has 1 aliphatic heterocycles. The highest BCUT2D eigenvalue weighted by Crippen LogP contribution is 2.26. The van der Waals surface area contributed by atoms with Crippen molar-refractivity contribution < 1.29 is 4.79 Å². The van der Waals surface area contributed by atoms with E-state index in [1.807, 2.05) is 36.6 Å². The first-order chi connectivity index (χ1) is 9.31. The Bertz CT molecular complexity index is 450. The molecule has 3 nitrogen and oxygen atoms in total. The first kappa shape index (κ1) is 17.1. The van der Waals surface area contributed by atoms with Crippen molar-refractivity contribution in [1.29, 1.82) is 0 Å². The monoisotopic (exact) mass is 312 g/mol. The van der Waals surface area contributed by atoms with Gasteiger partial charge < -0.3 is 10.6 Å². The average molecular weight is 313 g/mol. The van der Waals surface area contributed by atoms with Gasteiger partial charge in [0.1, 0.15) is 5.25 Å². The van der Waals surface area contributed by atoms with E-state index in [2.05, 4.69) is 16.7 Å². The van der Waals surface area contributed by atoms with Gasteiger partial charge >= 0.3 is 0 Å². The molecule has 0 aromatic heterocycles. The Morgan fingerprint density at radius 3 is 2.75 bits per heavy atom. The summed E-state index contributed by atoms with van der Waals surface area (Å²) < 4.78 is 0. The number of nitrogens with one attached hydrogen (secondary N) is 2. The summed E-state index contributed by atoms with van der Waals surface area (Å²) in [6, 6.07) is 9.93. The highest BCUT2D eigenvalue weighted by molar-refractivity contribution is 7.99. The molecule has 2 rings (SSSR count). The predicted octanol–water partition coefficient (Wildman–Crippen LogP) is 2.55. The van der Waals surface area contributed by atoms with E-state index in [4.69, 9.17) is 0 Å². The molecule has 1 amide bonds. The standard InChI is InChI=1S/C15H20N2OS.ClH/c1-19-14(13-5-3-2-4-6-13)15(18)17-11-12-7-9-16-10-8-12;/h2-7,14,16H,8-11H2,1H3,(H,17,18);1H. The quantitative estimate of drug-likeness (QED) is 0.821. The smallest absolute Gasteiger partial charge is 0.237 e. The summed E-state index contributed by atoms with van der Waals surface area (Å²) in [6.07, 6.45) is 5.16. The minimum atomic E-state index is -0.122. The topological polar surface area (TPSA) is 41.1 Å². The molecular weight excluding hydrogens is 292 g/mol. The van der Waals surface area contributed by atoms with Crippen molar-refractivity contribution in [1.82, 2.24) is 10.6 Å². The maximum atomic E-state index is 12.2. The molecule has 1 aliphatic rings. The lowest BCUT2D eigenvalue weighted by atomic mass is 10.1. The van der Waals surface area contributed by atoms with E-state index in [9.17, 15) is 4.79 Å². The number of amides is 1. The first-order valence-electron chi connectivity index (χ1n) is 6.55. The Balaban J connectivity index is 0.00000200. The Kier molecular flexibility index (Phi) is 7.73. The van der Waals surface area contributed by atoms with Gasteiger partial charge in [-0.25, -0.2) is 0 Å². The van der Waals surface area contributed by atoms with Gasteiger partial charge in [-0.05, 0) is 24.8 Å². The summed E-state index contributed by atoms with van der Waals surface area (Å²) >= 11 is 1.57. The molecule has 0 radical (unpaired) electrons. The molecule has 0 aliphatic carbocycles. The summed E-state index contributed by atoms with van der Waals surface area (Å²) in [5.74, 6) is 0.0955. The van der Waals surface area contributed by atoms with Crippen LogP contribution in [-0.4, -0.2) is 31.8 Å². The van der Waals surface area contributed by atoms with Crippen molar-refractivity contribution in [3.63, 3.8) is 0 Å². The minimum absolute atomic E-state index is 0. The van der Waals surface area contributed by atoms with E-state index < -0.39 is 0 Å². The Labute approximate surface area is 131 Å². The van der Waals surface area contributed by atoms with Crippen LogP contribution in [0.15, 0.2) is 42.0 Å². The van der Waals surface area contributed by atoms with Gasteiger partial charge in [0, 0.05) is 13.1 Å². The van der Waals surface area contributed by atoms with Crippen LogP contribution in [0.25, 0.3) is 0 Å². The third-order valence-electron chi connectivity index (χ3n) is 3.22. The number of benzene rings is 1. The molecule has 0 saturated heterocycles. The van der Waals surface area contributed by atoms with E-state index in [0.717, 1.165) is 25.1 Å². The molecule has 110 valence electrons. The van der Waals surface area contributed by atoms with Gasteiger partial charge in [0.2, 0.25) is 5.91 Å². The van der Waals surface area contributed by atoms with Crippen molar-refractivity contribution in [2.75, 3.05) is 25.9 Å². The van der Waals surface area contributed by atoms with Crippen molar-refractivity contribution in [2.45, 2.75) is 11.7 Å². The highest BCUT2D eigenvalue weighted by atomic mass is 35.5. The SMILES string of the molecule is CSC(C(=O)NCC1=CCNCC1)c1ccccc1.Cl. The second-order valence-electron chi connectivity index (χ2n) is 4.56. The second kappa shape index (κ2) is 9.06. The summed E-state index contributed by atoms with van der Waals surface area (Å²) in [5.41, 5.74) is 2.38. The first-order valence-corrected chi connectivity index (χ1v) is 7.84. The Hall–Kier alpha value is -0.970. The van der Waals surface area contributed by atoms with Crippen molar-refractivity contribution in [2.24, 2.45) is 0 Å². The molecule has 1 heterocycles. The maximum Gasteiger partial charge on any atom is 0.237 e. The molecule has 0 bridgehead atoms. The molecule has 5 heteroatoms. The van der Waals surface area contributed by atoms with Crippen LogP contribution in [0.1, 0.15) is 17.2 Å². The molecule has 20 heavy (non-hydrogen) atoms. The highest BCUT2D eigenvalue weighted by Gasteiger charge is 2.19. The summed E-state index contributed by atoms with van der Waals surface area (Å²) in [5, 5.41) is 6.19. The molecular formula is C15H21ClN2OS. The van der Waals surface area contributed by atoms with E-state index in [1.54, 1.807) is 11.8 Å². The number of carbonyl (C=O) groups is 1. The van der Waals surface area contributed by atoms with Gasteiger partial charge in [0.15, 0.2) is 0 Å². The average Bonchev–Trinajstić information content (AvgIpc) is 2.48. The van der Waals surface area contributed by atoms with Gasteiger partial charge in [0.25, 0.3) is 0 Å². The Morgan fingerprint density at radius 2 is 2.15 bits per heavy atom. The number of carbonyl (C=O) groups excluding carboxylic acids is 1. The minimum Gasteiger partial charge on any atom is -0.351 e. The van der Waals surface area contributed by atoms with Crippen LogP contribution < -0.4 is 10.6 Å². The number of halogens is 1. The molecule has 0 saturated carbocycles. The lowest BCUT2D eigenvalue weighted by Gasteiger charge is -2.18. The normalized spacial score (nSPS) is 15.8. The lowest BCUT2D eigenvalue weighted by Crippen LogP contribution is -2.32. The predicted molar refractivity (Wildman–Crippen MR) is 88.5 cm³/mol. The molecule has 2 N–H and O–H groups in total. The summed E-state index contributed by atoms with van der Waals surface area (Å²) in [7, 11) is 0. The molecule has 1 aromatic carbocycles. The van der Waals surface area contributed by atoms with Crippen LogP contribution in [0.2, 0.25) is 0 Å². The van der Waals surface area contributed by atoms with E-state index in [1.165, 1.54) is 5.57 Å². The van der Waals surface area contributed by atoms with Gasteiger partial charge in [-0.3, -0.25) is 4.79 Å². The van der Waals surface area contributed by atoms with Crippen LogP contribution in [0.5, 0.6) is 0 Å². The fourth-order valence-electron chi connectivity index (χ4n) is 2.15. The zero-order chi connectivity index (χ0) is 13.5. The summed E-state index contributed by atoms with van der Waals surface area (Å²) in [4.78, 5) is 12.2. The fraction of sp³-hybridized carbons (Fsp3) is 0.400. The Morgan fingerprint density at radius 1 is 1.40 bits per heavy atom. The number of rotatable bonds is 5. The zero-order valence-corrected chi connectivity index (χ0v) is 13.2. The molecule has 0 fully saturated rings. The van der Waals surface area contributed by atoms with Crippen molar-refractivity contribution in [3.8, 4) is 0 Å². The van der Waals surface area contributed by atoms with Crippen LogP contribution in [0, 0.1) is 0 Å². The third kappa shape index (κ3) is 4.85. The van der Waals surface area contributed by atoms with Crippen molar-refractivity contribution >= 4 is 30.1 Å². The summed E-state index contributed by atoms with van der Waals surface area (Å²) in [6.45, 7) is 2.59. The molecule has 1 atom stereocenters. The van der Waals surface area contributed by atoms with Gasteiger partial charge in [-0.1, -0.05) is 42.0 Å². The lowest BCUT2D eigenvalue weighted by molar-refractivity contribution is -0.120. The van der Waals surface area contributed by atoms with Gasteiger partial charge in [-0.15, -0.1) is 24.2 Å². The number of hydrogen-bond acceptors (Lipinski definition) is 3. The molecule has 1 unspecified atom stereocenters. The molecule has 1 aromatic rings. The van der Waals surface area contributed by atoms with Gasteiger partial charge in [-0.2, -0.15) is 0 Å². The van der Waals surface area contributed by atoms with E-state index >= 15 is 0 Å². The molecule has 0 spiro atoms. The van der Waals surface area contributed by atoms with Crippen LogP contribution in [0.4, 0.5) is 0 Å².